The van der Waals surface area contributed by atoms with Crippen molar-refractivity contribution in [2.45, 2.75) is 76.6 Å². The van der Waals surface area contributed by atoms with E-state index in [2.05, 4.69) is 13.2 Å². The van der Waals surface area contributed by atoms with Crippen molar-refractivity contribution in [1.82, 2.24) is 0 Å². The molecule has 2 fully saturated rings. The van der Waals surface area contributed by atoms with Crippen LogP contribution in [-0.4, -0.2) is 29.2 Å². The Hall–Kier alpha value is -0.640. The summed E-state index contributed by atoms with van der Waals surface area (Å²) in [6.07, 6.45) is 13.7. The van der Waals surface area contributed by atoms with E-state index in [1.165, 1.54) is 51.4 Å². The van der Waals surface area contributed by atoms with Crippen molar-refractivity contribution in [3.63, 3.8) is 0 Å². The Balaban J connectivity index is 1.67. The molecule has 0 bridgehead atoms. The van der Waals surface area contributed by atoms with E-state index < -0.39 is 6.29 Å². The lowest BCUT2D eigenvalue weighted by Crippen LogP contribution is -2.31. The topological polar surface area (TPSA) is 49.7 Å². The number of aliphatic hydroxyl groups excluding tert-OH is 2. The monoisotopic (exact) mass is 322 g/mol. The Morgan fingerprint density at radius 2 is 1.61 bits per heavy atom. The van der Waals surface area contributed by atoms with Gasteiger partial charge in [0.1, 0.15) is 0 Å². The standard InChI is InChI=1S/C20H34O3/c1-3-4-5-16-6-8-17(9-7-16)18-10-12-19(13-11-18)23-20(22)15(2)14-21/h3,16-22H,1-2,4-14H2. The highest BCUT2D eigenvalue weighted by atomic mass is 16.6. The molecule has 0 aliphatic heterocycles. The molecule has 0 radical (unpaired) electrons. The summed E-state index contributed by atoms with van der Waals surface area (Å²) < 4.78 is 5.63. The number of hydrogen-bond acceptors (Lipinski definition) is 3. The summed E-state index contributed by atoms with van der Waals surface area (Å²) in [4.78, 5) is 0. The normalized spacial score (nSPS) is 33.1. The second-order valence-electron chi connectivity index (χ2n) is 7.49. The fourth-order valence-electron chi connectivity index (χ4n) is 4.35. The Kier molecular flexibility index (Phi) is 7.81. The van der Waals surface area contributed by atoms with Crippen molar-refractivity contribution in [3.8, 4) is 0 Å². The minimum Gasteiger partial charge on any atom is -0.392 e. The maximum Gasteiger partial charge on any atom is 0.179 e. The first kappa shape index (κ1) is 18.7. The Morgan fingerprint density at radius 1 is 1.04 bits per heavy atom. The van der Waals surface area contributed by atoms with E-state index in [1.807, 2.05) is 6.08 Å². The van der Waals surface area contributed by atoms with E-state index in [0.717, 1.165) is 30.6 Å². The van der Waals surface area contributed by atoms with Crippen LogP contribution in [0, 0.1) is 17.8 Å². The van der Waals surface area contributed by atoms with E-state index in [0.29, 0.717) is 5.57 Å². The van der Waals surface area contributed by atoms with Gasteiger partial charge in [-0.15, -0.1) is 6.58 Å². The fourth-order valence-corrected chi connectivity index (χ4v) is 4.35. The van der Waals surface area contributed by atoms with Crippen LogP contribution in [0.5, 0.6) is 0 Å². The smallest absolute Gasteiger partial charge is 0.179 e. The summed E-state index contributed by atoms with van der Waals surface area (Å²) in [6, 6.07) is 0. The van der Waals surface area contributed by atoms with Crippen molar-refractivity contribution >= 4 is 0 Å². The molecule has 2 saturated carbocycles. The molecule has 1 atom stereocenters. The first-order valence-corrected chi connectivity index (χ1v) is 9.37. The van der Waals surface area contributed by atoms with Crippen LogP contribution in [-0.2, 0) is 4.74 Å². The average Bonchev–Trinajstić information content (AvgIpc) is 2.60. The lowest BCUT2D eigenvalue weighted by Gasteiger charge is -2.38. The molecule has 0 aromatic heterocycles. The van der Waals surface area contributed by atoms with Crippen LogP contribution in [0.25, 0.3) is 0 Å². The fraction of sp³-hybridized carbons (Fsp3) is 0.800. The number of aliphatic hydroxyl groups is 2. The average molecular weight is 322 g/mol. The van der Waals surface area contributed by atoms with Crippen LogP contribution in [0.4, 0.5) is 0 Å². The van der Waals surface area contributed by atoms with Gasteiger partial charge in [-0.25, -0.2) is 0 Å². The zero-order valence-corrected chi connectivity index (χ0v) is 14.5. The lowest BCUT2D eigenvalue weighted by molar-refractivity contribution is -0.129. The zero-order chi connectivity index (χ0) is 16.7. The van der Waals surface area contributed by atoms with Crippen LogP contribution < -0.4 is 0 Å². The van der Waals surface area contributed by atoms with Gasteiger partial charge in [0, 0.05) is 5.57 Å². The molecule has 2 rings (SSSR count). The zero-order valence-electron chi connectivity index (χ0n) is 14.5. The Bertz CT molecular complexity index is 363. The second kappa shape index (κ2) is 9.61. The van der Waals surface area contributed by atoms with Gasteiger partial charge in [-0.3, -0.25) is 0 Å². The van der Waals surface area contributed by atoms with Crippen LogP contribution in [0.2, 0.25) is 0 Å². The lowest BCUT2D eigenvalue weighted by atomic mass is 9.70. The van der Waals surface area contributed by atoms with Crippen LogP contribution in [0.15, 0.2) is 24.8 Å². The molecular formula is C20H34O3. The molecule has 23 heavy (non-hydrogen) atoms. The highest BCUT2D eigenvalue weighted by Crippen LogP contribution is 2.41. The summed E-state index contributed by atoms with van der Waals surface area (Å²) in [5.41, 5.74) is 0.352. The van der Waals surface area contributed by atoms with Crippen LogP contribution in [0.3, 0.4) is 0 Å². The van der Waals surface area contributed by atoms with Gasteiger partial charge in [0.15, 0.2) is 6.29 Å². The van der Waals surface area contributed by atoms with E-state index >= 15 is 0 Å². The molecule has 0 heterocycles. The number of hydrogen-bond donors (Lipinski definition) is 2. The van der Waals surface area contributed by atoms with Crippen molar-refractivity contribution < 1.29 is 14.9 Å². The third-order valence-corrected chi connectivity index (χ3v) is 5.93. The summed E-state index contributed by atoms with van der Waals surface area (Å²) in [7, 11) is 0. The summed E-state index contributed by atoms with van der Waals surface area (Å²) in [5.74, 6) is 2.66. The molecule has 0 spiro atoms. The van der Waals surface area contributed by atoms with Gasteiger partial charge in [0.25, 0.3) is 0 Å². The van der Waals surface area contributed by atoms with Gasteiger partial charge in [-0.05, 0) is 69.1 Å². The molecule has 0 saturated heterocycles. The maximum atomic E-state index is 9.80. The van der Waals surface area contributed by atoms with Gasteiger partial charge in [0.2, 0.25) is 0 Å². The molecule has 2 N–H and O–H groups in total. The molecule has 0 aromatic rings. The first-order chi connectivity index (χ1) is 11.1. The van der Waals surface area contributed by atoms with Crippen molar-refractivity contribution in [1.29, 1.82) is 0 Å². The minimum atomic E-state index is -1.01. The molecule has 2 aliphatic carbocycles. The molecule has 1 unspecified atom stereocenters. The number of allylic oxidation sites excluding steroid dienone is 1. The second-order valence-corrected chi connectivity index (χ2v) is 7.49. The quantitative estimate of drug-likeness (QED) is 0.520. The van der Waals surface area contributed by atoms with Gasteiger partial charge in [-0.1, -0.05) is 25.5 Å². The molecule has 3 nitrogen and oxygen atoms in total. The molecule has 132 valence electrons. The van der Waals surface area contributed by atoms with Crippen molar-refractivity contribution in [2.24, 2.45) is 17.8 Å². The number of rotatable bonds is 8. The third kappa shape index (κ3) is 5.74. The third-order valence-electron chi connectivity index (χ3n) is 5.93. The Labute approximate surface area is 141 Å². The van der Waals surface area contributed by atoms with Crippen LogP contribution in [0.1, 0.15) is 64.2 Å². The Morgan fingerprint density at radius 3 is 2.13 bits per heavy atom. The van der Waals surface area contributed by atoms with E-state index in [-0.39, 0.29) is 12.7 Å². The molecule has 0 amide bonds. The molecular weight excluding hydrogens is 288 g/mol. The summed E-state index contributed by atoms with van der Waals surface area (Å²) >= 11 is 0. The van der Waals surface area contributed by atoms with Crippen molar-refractivity contribution in [3.05, 3.63) is 24.8 Å². The van der Waals surface area contributed by atoms with Crippen molar-refractivity contribution in [2.75, 3.05) is 6.61 Å². The maximum absolute atomic E-state index is 9.80. The van der Waals surface area contributed by atoms with Gasteiger partial charge in [-0.2, -0.15) is 0 Å². The van der Waals surface area contributed by atoms with E-state index in [1.54, 1.807) is 0 Å². The summed E-state index contributed by atoms with van der Waals surface area (Å²) in [6.45, 7) is 7.24. The van der Waals surface area contributed by atoms with Crippen LogP contribution >= 0.6 is 0 Å². The SMILES string of the molecule is C=CCCC1CCC(C2CCC(OC(O)C(=C)CO)CC2)CC1. The van der Waals surface area contributed by atoms with E-state index in [9.17, 15) is 5.11 Å². The highest BCUT2D eigenvalue weighted by molar-refractivity contribution is 4.97. The highest BCUT2D eigenvalue weighted by Gasteiger charge is 2.31. The molecule has 0 aromatic carbocycles. The summed E-state index contributed by atoms with van der Waals surface area (Å²) in [5, 5.41) is 18.8. The minimum absolute atomic E-state index is 0.119. The van der Waals surface area contributed by atoms with Gasteiger partial charge >= 0.3 is 0 Å². The number of ether oxygens (including phenoxy) is 1. The largest absolute Gasteiger partial charge is 0.392 e. The predicted molar refractivity (Wildman–Crippen MR) is 93.9 cm³/mol. The molecule has 3 heteroatoms. The van der Waals surface area contributed by atoms with Gasteiger partial charge < -0.3 is 14.9 Å². The predicted octanol–water partition coefficient (Wildman–Crippen LogP) is 4.20. The first-order valence-electron chi connectivity index (χ1n) is 9.37. The molecule has 2 aliphatic rings. The van der Waals surface area contributed by atoms with Gasteiger partial charge in [0.05, 0.1) is 12.7 Å². The van der Waals surface area contributed by atoms with E-state index in [4.69, 9.17) is 9.84 Å².